The molecule has 84 valence electrons. The Kier molecular flexibility index (Phi) is 2.66. The van der Waals surface area contributed by atoms with Crippen LogP contribution in [0.1, 0.15) is 32.8 Å². The monoisotopic (exact) mass is 220 g/mol. The van der Waals surface area contributed by atoms with Crippen molar-refractivity contribution in [2.24, 2.45) is 0 Å². The maximum absolute atomic E-state index is 13.6. The summed E-state index contributed by atoms with van der Waals surface area (Å²) in [6, 6.07) is 4.01. The summed E-state index contributed by atoms with van der Waals surface area (Å²) in [6.45, 7) is 5.92. The van der Waals surface area contributed by atoms with Crippen LogP contribution in [-0.4, -0.2) is 0 Å². The molecule has 0 saturated heterocycles. The first-order chi connectivity index (χ1) is 7.52. The van der Waals surface area contributed by atoms with Crippen molar-refractivity contribution in [3.63, 3.8) is 0 Å². The van der Waals surface area contributed by atoms with Crippen LogP contribution in [0.2, 0.25) is 0 Å². The van der Waals surface area contributed by atoms with Crippen LogP contribution in [0.15, 0.2) is 34.9 Å². The molecule has 1 aromatic carbocycles. The number of benzene rings is 1. The van der Waals surface area contributed by atoms with E-state index in [0.717, 1.165) is 16.7 Å². The van der Waals surface area contributed by atoms with Crippen LogP contribution in [0.3, 0.4) is 0 Å². The van der Waals surface area contributed by atoms with Gasteiger partial charge in [0.25, 0.3) is 0 Å². The number of hydrogen-bond donors (Lipinski definition) is 0. The minimum absolute atomic E-state index is 0.135. The summed E-state index contributed by atoms with van der Waals surface area (Å²) in [5.74, 6) is -0.950. The second-order valence-corrected chi connectivity index (χ2v) is 4.28. The minimum Gasteiger partial charge on any atom is -0.206 e. The van der Waals surface area contributed by atoms with Crippen molar-refractivity contribution >= 4 is 5.57 Å². The Bertz CT molecular complexity index is 487. The highest BCUT2D eigenvalue weighted by Crippen LogP contribution is 2.39. The van der Waals surface area contributed by atoms with Crippen LogP contribution in [0, 0.1) is 11.6 Å². The van der Waals surface area contributed by atoms with E-state index >= 15 is 0 Å². The normalized spacial score (nSPS) is 16.3. The van der Waals surface area contributed by atoms with E-state index in [-0.39, 0.29) is 5.56 Å². The summed E-state index contributed by atoms with van der Waals surface area (Å²) in [6.07, 6.45) is 0.648. The van der Waals surface area contributed by atoms with Crippen LogP contribution in [0.4, 0.5) is 8.78 Å². The van der Waals surface area contributed by atoms with Gasteiger partial charge in [-0.1, -0.05) is 11.6 Å². The van der Waals surface area contributed by atoms with Crippen molar-refractivity contribution in [3.8, 4) is 0 Å². The highest BCUT2D eigenvalue weighted by atomic mass is 19.1. The van der Waals surface area contributed by atoms with Crippen molar-refractivity contribution < 1.29 is 8.78 Å². The molecule has 1 aromatic rings. The Morgan fingerprint density at radius 1 is 0.938 bits per heavy atom. The molecule has 16 heavy (non-hydrogen) atoms. The van der Waals surface area contributed by atoms with Crippen LogP contribution >= 0.6 is 0 Å². The van der Waals surface area contributed by atoms with E-state index in [1.807, 2.05) is 20.8 Å². The third kappa shape index (κ3) is 1.58. The van der Waals surface area contributed by atoms with Gasteiger partial charge in [-0.3, -0.25) is 0 Å². The Morgan fingerprint density at radius 3 is 1.94 bits per heavy atom. The molecule has 0 aromatic heterocycles. The van der Waals surface area contributed by atoms with Crippen molar-refractivity contribution in [3.05, 3.63) is 52.1 Å². The fourth-order valence-corrected chi connectivity index (χ4v) is 2.14. The first-order valence-corrected chi connectivity index (χ1v) is 5.33. The molecule has 2 rings (SSSR count). The van der Waals surface area contributed by atoms with Gasteiger partial charge in [0.1, 0.15) is 11.6 Å². The van der Waals surface area contributed by atoms with E-state index in [0.29, 0.717) is 6.42 Å². The average molecular weight is 220 g/mol. The second-order valence-electron chi connectivity index (χ2n) is 4.28. The maximum Gasteiger partial charge on any atom is 0.133 e. The quantitative estimate of drug-likeness (QED) is 0.654. The first-order valence-electron chi connectivity index (χ1n) is 5.33. The smallest absolute Gasteiger partial charge is 0.133 e. The number of rotatable bonds is 1. The highest BCUT2D eigenvalue weighted by Gasteiger charge is 2.22. The Hall–Kier alpha value is -1.44. The van der Waals surface area contributed by atoms with E-state index in [9.17, 15) is 8.78 Å². The maximum atomic E-state index is 13.6. The van der Waals surface area contributed by atoms with Crippen LogP contribution < -0.4 is 0 Å². The molecule has 0 radical (unpaired) electrons. The predicted molar refractivity (Wildman–Crippen MR) is 61.9 cm³/mol. The van der Waals surface area contributed by atoms with Gasteiger partial charge in [0, 0.05) is 5.56 Å². The van der Waals surface area contributed by atoms with Gasteiger partial charge in [-0.05, 0) is 56.0 Å². The zero-order chi connectivity index (χ0) is 11.9. The zero-order valence-electron chi connectivity index (χ0n) is 9.70. The van der Waals surface area contributed by atoms with Gasteiger partial charge in [0.05, 0.1) is 0 Å². The van der Waals surface area contributed by atoms with E-state index in [1.54, 1.807) is 0 Å². The molecule has 1 aliphatic carbocycles. The standard InChI is InChI=1S/C14H14F2/c1-8-7-11(10(3)9(8)2)14-12(15)5-4-6-13(14)16/h4-6H,7H2,1-3H3. The van der Waals surface area contributed by atoms with Gasteiger partial charge in [0.2, 0.25) is 0 Å². The molecule has 1 aliphatic rings. The predicted octanol–water partition coefficient (Wildman–Crippen LogP) is 4.48. The Balaban J connectivity index is 2.57. The summed E-state index contributed by atoms with van der Waals surface area (Å²) in [5.41, 5.74) is 4.26. The van der Waals surface area contributed by atoms with Gasteiger partial charge < -0.3 is 0 Å². The summed E-state index contributed by atoms with van der Waals surface area (Å²) >= 11 is 0. The largest absolute Gasteiger partial charge is 0.206 e. The minimum atomic E-state index is -0.475. The molecule has 0 saturated carbocycles. The number of halogens is 2. The lowest BCUT2D eigenvalue weighted by Gasteiger charge is -2.08. The Labute approximate surface area is 94.3 Å². The molecule has 0 nitrogen and oxygen atoms in total. The van der Waals surface area contributed by atoms with Crippen molar-refractivity contribution in [2.45, 2.75) is 27.2 Å². The molecule has 0 unspecified atom stereocenters. The Morgan fingerprint density at radius 2 is 1.50 bits per heavy atom. The van der Waals surface area contributed by atoms with Gasteiger partial charge in [0.15, 0.2) is 0 Å². The van der Waals surface area contributed by atoms with Crippen LogP contribution in [-0.2, 0) is 0 Å². The topological polar surface area (TPSA) is 0 Å². The van der Waals surface area contributed by atoms with E-state index in [2.05, 4.69) is 0 Å². The van der Waals surface area contributed by atoms with E-state index < -0.39 is 11.6 Å². The molecule has 0 aliphatic heterocycles. The molecule has 0 heterocycles. The molecule has 0 fully saturated rings. The first kappa shape index (κ1) is 11.1. The third-order valence-electron chi connectivity index (χ3n) is 3.36. The van der Waals surface area contributed by atoms with Crippen LogP contribution in [0.5, 0.6) is 0 Å². The lowest BCUT2D eigenvalue weighted by atomic mass is 9.99. The molecule has 0 spiro atoms. The molecule has 0 atom stereocenters. The fourth-order valence-electron chi connectivity index (χ4n) is 2.14. The lowest BCUT2D eigenvalue weighted by molar-refractivity contribution is 0.576. The van der Waals surface area contributed by atoms with Crippen molar-refractivity contribution in [1.82, 2.24) is 0 Å². The van der Waals surface area contributed by atoms with Crippen molar-refractivity contribution in [1.29, 1.82) is 0 Å². The van der Waals surface area contributed by atoms with Gasteiger partial charge in [-0.25, -0.2) is 8.78 Å². The molecule has 0 amide bonds. The molecule has 0 bridgehead atoms. The van der Waals surface area contributed by atoms with Gasteiger partial charge in [-0.15, -0.1) is 0 Å². The molecule has 2 heteroatoms. The summed E-state index contributed by atoms with van der Waals surface area (Å²) in [5, 5.41) is 0. The number of allylic oxidation sites excluding steroid dienone is 4. The molecular weight excluding hydrogens is 206 g/mol. The van der Waals surface area contributed by atoms with Gasteiger partial charge >= 0.3 is 0 Å². The zero-order valence-corrected chi connectivity index (χ0v) is 9.70. The highest BCUT2D eigenvalue weighted by molar-refractivity contribution is 5.78. The summed E-state index contributed by atoms with van der Waals surface area (Å²) in [7, 11) is 0. The summed E-state index contributed by atoms with van der Waals surface area (Å²) < 4.78 is 27.3. The average Bonchev–Trinajstić information content (AvgIpc) is 2.47. The van der Waals surface area contributed by atoms with Crippen molar-refractivity contribution in [2.75, 3.05) is 0 Å². The van der Waals surface area contributed by atoms with E-state index in [4.69, 9.17) is 0 Å². The summed E-state index contributed by atoms with van der Waals surface area (Å²) in [4.78, 5) is 0. The second kappa shape index (κ2) is 3.85. The van der Waals surface area contributed by atoms with E-state index in [1.165, 1.54) is 23.8 Å². The number of hydrogen-bond acceptors (Lipinski definition) is 0. The molecular formula is C14H14F2. The molecule has 0 N–H and O–H groups in total. The third-order valence-corrected chi connectivity index (χ3v) is 3.36. The van der Waals surface area contributed by atoms with Gasteiger partial charge in [-0.2, -0.15) is 0 Å². The SMILES string of the molecule is CC1=C(C)C(C)=C(c2c(F)cccc2F)C1. The lowest BCUT2D eigenvalue weighted by Crippen LogP contribution is -1.95. The fraction of sp³-hybridized carbons (Fsp3) is 0.286. The van der Waals surface area contributed by atoms with Crippen LogP contribution in [0.25, 0.3) is 5.57 Å².